The number of unbranched alkanes of at least 4 members (excludes halogenated alkanes) is 3. The predicted molar refractivity (Wildman–Crippen MR) is 128 cm³/mol. The van der Waals surface area contributed by atoms with Crippen molar-refractivity contribution in [2.24, 2.45) is 11.8 Å². The first-order chi connectivity index (χ1) is 16.2. The summed E-state index contributed by atoms with van der Waals surface area (Å²) in [5.41, 5.74) is -0.493. The number of likely N-dealkylation sites (tertiary alicyclic amines) is 1. The minimum Gasteiger partial charge on any atom is -0.396 e. The van der Waals surface area contributed by atoms with Crippen LogP contribution in [0.1, 0.15) is 51.0 Å². The van der Waals surface area contributed by atoms with Gasteiger partial charge in [0.25, 0.3) is 0 Å². The number of aliphatic hydroxyl groups excluding tert-OH is 1. The van der Waals surface area contributed by atoms with Gasteiger partial charge < -0.3 is 25.4 Å². The number of amides is 3. The first kappa shape index (κ1) is 24.9. The van der Waals surface area contributed by atoms with Crippen LogP contribution < -0.4 is 10.6 Å². The number of benzene rings is 1. The Morgan fingerprint density at radius 3 is 2.62 bits per heavy atom. The molecule has 5 atom stereocenters. The van der Waals surface area contributed by atoms with E-state index in [1.165, 1.54) is 0 Å². The molecule has 4 rings (SSSR count). The monoisotopic (exact) mass is 491 g/mol. The van der Waals surface area contributed by atoms with Crippen LogP contribution in [-0.4, -0.2) is 65.2 Å². The number of aliphatic hydroxyl groups is 1. The summed E-state index contributed by atoms with van der Waals surface area (Å²) < 4.78 is 6.53. The molecule has 1 aromatic carbocycles. The maximum absolute atomic E-state index is 13.8. The van der Waals surface area contributed by atoms with E-state index in [1.807, 2.05) is 26.0 Å². The van der Waals surface area contributed by atoms with E-state index in [1.54, 1.807) is 18.0 Å². The number of hydrogen-bond acceptors (Lipinski definition) is 5. The largest absolute Gasteiger partial charge is 0.396 e. The Balaban J connectivity index is 1.68. The number of anilines is 1. The summed E-state index contributed by atoms with van der Waals surface area (Å²) >= 11 is 6.37. The number of halogens is 1. The van der Waals surface area contributed by atoms with Gasteiger partial charge in [0, 0.05) is 20.2 Å². The summed E-state index contributed by atoms with van der Waals surface area (Å²) in [6.07, 6.45) is 4.22. The van der Waals surface area contributed by atoms with E-state index in [4.69, 9.17) is 21.4 Å². The van der Waals surface area contributed by atoms with Crippen molar-refractivity contribution in [3.05, 3.63) is 28.8 Å². The number of hydrogen-bond donors (Lipinski definition) is 3. The Morgan fingerprint density at radius 2 is 1.94 bits per heavy atom. The van der Waals surface area contributed by atoms with E-state index >= 15 is 0 Å². The molecular formula is C25H34ClN3O5. The molecule has 186 valence electrons. The van der Waals surface area contributed by atoms with Gasteiger partial charge in [-0.15, -0.1) is 0 Å². The van der Waals surface area contributed by atoms with Gasteiger partial charge in [0.05, 0.1) is 28.1 Å². The summed E-state index contributed by atoms with van der Waals surface area (Å²) in [4.78, 5) is 42.1. The van der Waals surface area contributed by atoms with E-state index in [2.05, 4.69) is 10.6 Å². The molecule has 8 nitrogen and oxygen atoms in total. The molecule has 9 heteroatoms. The van der Waals surface area contributed by atoms with Gasteiger partial charge in [0.1, 0.15) is 11.6 Å². The Labute approximate surface area is 205 Å². The van der Waals surface area contributed by atoms with Gasteiger partial charge >= 0.3 is 0 Å². The summed E-state index contributed by atoms with van der Waals surface area (Å²) in [7, 11) is 1.56. The molecule has 1 spiro atoms. The SMILES string of the molecule is CNC(=O)[C@H]1[C@H]2C(=O)N(CCCCCCO)C(C(=O)Nc3c(C)cccc3Cl)C23CC[C@]1(C)O3. The average Bonchev–Trinajstić information content (AvgIpc) is 3.36. The number of nitrogens with one attached hydrogen (secondary N) is 2. The highest BCUT2D eigenvalue weighted by Gasteiger charge is 2.77. The third kappa shape index (κ3) is 3.89. The van der Waals surface area contributed by atoms with Crippen molar-refractivity contribution in [2.45, 2.75) is 69.6 Å². The molecule has 0 aromatic heterocycles. The van der Waals surface area contributed by atoms with Crippen molar-refractivity contribution in [3.8, 4) is 0 Å². The molecule has 3 heterocycles. The number of nitrogens with zero attached hydrogens (tertiary/aromatic N) is 1. The zero-order valence-corrected chi connectivity index (χ0v) is 20.8. The lowest BCUT2D eigenvalue weighted by atomic mass is 9.66. The molecule has 3 fully saturated rings. The van der Waals surface area contributed by atoms with Crippen molar-refractivity contribution in [1.29, 1.82) is 0 Å². The molecule has 3 aliphatic rings. The minimum atomic E-state index is -1.05. The van der Waals surface area contributed by atoms with Gasteiger partial charge in [-0.25, -0.2) is 0 Å². The molecule has 3 amide bonds. The predicted octanol–water partition coefficient (Wildman–Crippen LogP) is 2.65. The number of carbonyl (C=O) groups excluding carboxylic acids is 3. The van der Waals surface area contributed by atoms with E-state index in [9.17, 15) is 14.4 Å². The van der Waals surface area contributed by atoms with Gasteiger partial charge in [-0.2, -0.15) is 0 Å². The highest BCUT2D eigenvalue weighted by Crippen LogP contribution is 2.63. The minimum absolute atomic E-state index is 0.135. The molecule has 0 saturated carbocycles. The second-order valence-corrected chi connectivity index (χ2v) is 10.3. The number of ether oxygens (including phenoxy) is 1. The van der Waals surface area contributed by atoms with Crippen molar-refractivity contribution in [2.75, 3.05) is 25.5 Å². The maximum Gasteiger partial charge on any atom is 0.250 e. The number of fused-ring (bicyclic) bond motifs is 1. The summed E-state index contributed by atoms with van der Waals surface area (Å²) in [6.45, 7) is 4.26. The van der Waals surface area contributed by atoms with E-state index in [-0.39, 0.29) is 24.3 Å². The zero-order chi connectivity index (χ0) is 24.7. The quantitative estimate of drug-likeness (QED) is 0.460. The topological polar surface area (TPSA) is 108 Å². The molecule has 0 aliphatic carbocycles. The van der Waals surface area contributed by atoms with Crippen molar-refractivity contribution in [3.63, 3.8) is 0 Å². The Morgan fingerprint density at radius 1 is 1.21 bits per heavy atom. The van der Waals surface area contributed by atoms with Crippen molar-refractivity contribution >= 4 is 35.0 Å². The van der Waals surface area contributed by atoms with E-state index in [0.29, 0.717) is 42.9 Å². The summed E-state index contributed by atoms with van der Waals surface area (Å²) in [5.74, 6) is -2.12. The molecule has 2 unspecified atom stereocenters. The second-order valence-electron chi connectivity index (χ2n) is 9.93. The fraction of sp³-hybridized carbons (Fsp3) is 0.640. The van der Waals surface area contributed by atoms with Crippen LogP contribution in [0.3, 0.4) is 0 Å². The molecule has 3 N–H and O–H groups in total. The van der Waals surface area contributed by atoms with Crippen LogP contribution in [0.5, 0.6) is 0 Å². The Hall–Kier alpha value is -2.16. The maximum atomic E-state index is 13.8. The third-order valence-electron chi connectivity index (χ3n) is 7.83. The van der Waals surface area contributed by atoms with Gasteiger partial charge in [-0.05, 0) is 51.2 Å². The lowest BCUT2D eigenvalue weighted by Gasteiger charge is -2.33. The van der Waals surface area contributed by atoms with Gasteiger partial charge in [-0.1, -0.05) is 36.6 Å². The van der Waals surface area contributed by atoms with Crippen molar-refractivity contribution < 1.29 is 24.2 Å². The average molecular weight is 492 g/mol. The third-order valence-corrected chi connectivity index (χ3v) is 8.15. The van der Waals surface area contributed by atoms with Gasteiger partial charge in [0.15, 0.2) is 0 Å². The van der Waals surface area contributed by atoms with Gasteiger partial charge in [0.2, 0.25) is 17.7 Å². The van der Waals surface area contributed by atoms with Crippen LogP contribution in [0.4, 0.5) is 5.69 Å². The molecule has 3 aliphatic heterocycles. The summed E-state index contributed by atoms with van der Waals surface area (Å²) in [6, 6.07) is 4.54. The van der Waals surface area contributed by atoms with Crippen LogP contribution in [0, 0.1) is 18.8 Å². The standard InChI is InChI=1S/C25H34ClN3O5/c1-15-9-8-10-16(26)19(15)28-22(32)20-25-12-11-24(2,34-25)17(21(31)27-3)18(25)23(33)29(20)13-6-4-5-7-14-30/h8-10,17-18,20,30H,4-7,11-14H2,1-3H3,(H,27,31)(H,28,32)/t17-,18+,20?,24+,25?/m1/s1. The highest BCUT2D eigenvalue weighted by molar-refractivity contribution is 6.34. The van der Waals surface area contributed by atoms with Crippen LogP contribution >= 0.6 is 11.6 Å². The van der Waals surface area contributed by atoms with Crippen molar-refractivity contribution in [1.82, 2.24) is 10.2 Å². The zero-order valence-electron chi connectivity index (χ0n) is 20.0. The second kappa shape index (κ2) is 9.47. The van der Waals surface area contributed by atoms with Gasteiger partial charge in [-0.3, -0.25) is 14.4 Å². The number of carbonyl (C=O) groups is 3. The number of aryl methyl sites for hydroxylation is 1. The molecule has 3 saturated heterocycles. The van der Waals surface area contributed by atoms with Crippen LogP contribution in [-0.2, 0) is 19.1 Å². The fourth-order valence-corrected chi connectivity index (χ4v) is 6.52. The molecule has 2 bridgehead atoms. The molecule has 34 heavy (non-hydrogen) atoms. The first-order valence-corrected chi connectivity index (χ1v) is 12.5. The molecular weight excluding hydrogens is 458 g/mol. The van der Waals surface area contributed by atoms with E-state index in [0.717, 1.165) is 18.4 Å². The first-order valence-electron chi connectivity index (χ1n) is 12.1. The van der Waals surface area contributed by atoms with Crippen LogP contribution in [0.2, 0.25) is 5.02 Å². The van der Waals surface area contributed by atoms with E-state index < -0.39 is 29.1 Å². The summed E-state index contributed by atoms with van der Waals surface area (Å²) in [5, 5.41) is 15.1. The normalized spacial score (nSPS) is 31.6. The molecule has 0 radical (unpaired) electrons. The lowest BCUT2D eigenvalue weighted by Crippen LogP contribution is -2.53. The lowest BCUT2D eigenvalue weighted by molar-refractivity contribution is -0.144. The van der Waals surface area contributed by atoms with Crippen LogP contribution in [0.25, 0.3) is 0 Å². The van der Waals surface area contributed by atoms with Crippen LogP contribution in [0.15, 0.2) is 18.2 Å². The fourth-order valence-electron chi connectivity index (χ4n) is 6.25. The number of rotatable bonds is 9. The molecule has 1 aromatic rings. The Kier molecular flexibility index (Phi) is 6.95. The number of para-hydroxylation sites is 1. The Bertz CT molecular complexity index is 967. The smallest absolute Gasteiger partial charge is 0.250 e. The highest BCUT2D eigenvalue weighted by atomic mass is 35.5.